The molecule has 10 nitrogen and oxygen atoms in total. The lowest BCUT2D eigenvalue weighted by Crippen LogP contribution is -2.24. The summed E-state index contributed by atoms with van der Waals surface area (Å²) in [5, 5.41) is 28.5. The number of methoxy groups -OCH3 is 1. The standard InChI is InChI=1S/C15H17N5O5/c1-9-4-10(2)19(18-9)8-14(21)17-16-7-11-5-12(20(23)24)15(22)13(6-11)25-3/h4-7,22H,8H2,1-3H3,(H,17,21)/b16-7+. The molecule has 132 valence electrons. The van der Waals surface area contributed by atoms with Gasteiger partial charge in [0.25, 0.3) is 5.91 Å². The van der Waals surface area contributed by atoms with E-state index < -0.39 is 22.3 Å². The molecule has 0 spiro atoms. The monoisotopic (exact) mass is 347 g/mol. The molecule has 0 fully saturated rings. The maximum Gasteiger partial charge on any atom is 0.315 e. The van der Waals surface area contributed by atoms with Crippen LogP contribution >= 0.6 is 0 Å². The third kappa shape index (κ3) is 4.31. The molecular weight excluding hydrogens is 330 g/mol. The number of aryl methyl sites for hydroxylation is 2. The van der Waals surface area contributed by atoms with Crippen molar-refractivity contribution in [2.75, 3.05) is 7.11 Å². The Kier molecular flexibility index (Phi) is 5.32. The number of rotatable bonds is 6. The van der Waals surface area contributed by atoms with Gasteiger partial charge in [0.15, 0.2) is 5.75 Å². The highest BCUT2D eigenvalue weighted by Gasteiger charge is 2.19. The van der Waals surface area contributed by atoms with Gasteiger partial charge in [0.2, 0.25) is 5.75 Å². The molecule has 2 N–H and O–H groups in total. The third-order valence-electron chi connectivity index (χ3n) is 3.29. The number of aromatic hydroxyl groups is 1. The fraction of sp³-hybridized carbons (Fsp3) is 0.267. The number of nitro benzene ring substituents is 1. The highest BCUT2D eigenvalue weighted by molar-refractivity contribution is 5.84. The molecule has 1 heterocycles. The number of nitrogens with one attached hydrogen (secondary N) is 1. The van der Waals surface area contributed by atoms with Crippen LogP contribution in [-0.2, 0) is 11.3 Å². The fourth-order valence-electron chi connectivity index (χ4n) is 2.17. The summed E-state index contributed by atoms with van der Waals surface area (Å²) < 4.78 is 6.42. The van der Waals surface area contributed by atoms with Gasteiger partial charge in [0, 0.05) is 17.3 Å². The van der Waals surface area contributed by atoms with Gasteiger partial charge in [-0.1, -0.05) is 0 Å². The number of benzene rings is 1. The second-order valence-corrected chi connectivity index (χ2v) is 5.23. The first-order chi connectivity index (χ1) is 11.8. The maximum atomic E-state index is 11.9. The number of ether oxygens (including phenoxy) is 1. The van der Waals surface area contributed by atoms with Crippen molar-refractivity contribution in [1.82, 2.24) is 15.2 Å². The minimum Gasteiger partial charge on any atom is -0.500 e. The molecule has 0 saturated heterocycles. The Morgan fingerprint density at radius 2 is 2.20 bits per heavy atom. The summed E-state index contributed by atoms with van der Waals surface area (Å²) in [7, 11) is 1.27. The first-order valence-electron chi connectivity index (χ1n) is 7.20. The Morgan fingerprint density at radius 1 is 1.48 bits per heavy atom. The molecule has 1 amide bonds. The topological polar surface area (TPSA) is 132 Å². The van der Waals surface area contributed by atoms with Crippen LogP contribution in [0.15, 0.2) is 23.3 Å². The minimum absolute atomic E-state index is 0.00391. The molecule has 0 bridgehead atoms. The van der Waals surface area contributed by atoms with E-state index in [4.69, 9.17) is 4.74 Å². The first-order valence-corrected chi connectivity index (χ1v) is 7.20. The molecule has 0 atom stereocenters. The van der Waals surface area contributed by atoms with Gasteiger partial charge in [-0.3, -0.25) is 19.6 Å². The summed E-state index contributed by atoms with van der Waals surface area (Å²) >= 11 is 0. The van der Waals surface area contributed by atoms with Crippen molar-refractivity contribution in [3.63, 3.8) is 0 Å². The van der Waals surface area contributed by atoms with Crippen LogP contribution < -0.4 is 10.2 Å². The van der Waals surface area contributed by atoms with E-state index in [0.717, 1.165) is 17.5 Å². The highest BCUT2D eigenvalue weighted by atomic mass is 16.6. The molecule has 1 aromatic carbocycles. The van der Waals surface area contributed by atoms with Gasteiger partial charge in [-0.05, 0) is 26.0 Å². The number of hydrogen-bond acceptors (Lipinski definition) is 7. The smallest absolute Gasteiger partial charge is 0.315 e. The van der Waals surface area contributed by atoms with Gasteiger partial charge in [0.1, 0.15) is 6.54 Å². The van der Waals surface area contributed by atoms with Crippen molar-refractivity contribution in [2.24, 2.45) is 5.10 Å². The number of amides is 1. The lowest BCUT2D eigenvalue weighted by Gasteiger charge is -2.05. The van der Waals surface area contributed by atoms with Crippen molar-refractivity contribution in [3.05, 3.63) is 45.3 Å². The zero-order chi connectivity index (χ0) is 18.6. The number of phenolic OH excluding ortho intramolecular Hbond substituents is 1. The van der Waals surface area contributed by atoms with Gasteiger partial charge in [-0.2, -0.15) is 10.2 Å². The average molecular weight is 347 g/mol. The second-order valence-electron chi connectivity index (χ2n) is 5.23. The van der Waals surface area contributed by atoms with E-state index in [1.807, 2.05) is 19.9 Å². The molecule has 0 aliphatic rings. The van der Waals surface area contributed by atoms with E-state index in [1.165, 1.54) is 24.1 Å². The quantitative estimate of drug-likeness (QED) is 0.459. The van der Waals surface area contributed by atoms with E-state index >= 15 is 0 Å². The lowest BCUT2D eigenvalue weighted by atomic mass is 10.2. The Balaban J connectivity index is 2.08. The van der Waals surface area contributed by atoms with Gasteiger partial charge >= 0.3 is 5.69 Å². The maximum absolute atomic E-state index is 11.9. The first kappa shape index (κ1) is 17.9. The predicted octanol–water partition coefficient (Wildman–Crippen LogP) is 1.27. The van der Waals surface area contributed by atoms with Crippen LogP contribution in [0.5, 0.6) is 11.5 Å². The summed E-state index contributed by atoms with van der Waals surface area (Å²) in [6, 6.07) is 4.33. The van der Waals surface area contributed by atoms with Crippen LogP contribution in [0.25, 0.3) is 0 Å². The number of carbonyl (C=O) groups is 1. The number of carbonyl (C=O) groups excluding carboxylic acids is 1. The minimum atomic E-state index is -0.739. The zero-order valence-electron chi connectivity index (χ0n) is 13.9. The molecule has 0 saturated carbocycles. The molecule has 2 aromatic rings. The van der Waals surface area contributed by atoms with Crippen molar-refractivity contribution >= 4 is 17.8 Å². The van der Waals surface area contributed by atoms with Crippen LogP contribution in [-0.4, -0.2) is 39.0 Å². The Hall–Kier alpha value is -3.43. The van der Waals surface area contributed by atoms with Crippen molar-refractivity contribution in [3.8, 4) is 11.5 Å². The van der Waals surface area contributed by atoms with Crippen molar-refractivity contribution in [2.45, 2.75) is 20.4 Å². The van der Waals surface area contributed by atoms with Crippen LogP contribution in [0.2, 0.25) is 0 Å². The van der Waals surface area contributed by atoms with Crippen LogP contribution in [0.1, 0.15) is 17.0 Å². The normalized spacial score (nSPS) is 10.8. The van der Waals surface area contributed by atoms with E-state index in [0.29, 0.717) is 0 Å². The van der Waals surface area contributed by atoms with Crippen molar-refractivity contribution in [1.29, 1.82) is 0 Å². The average Bonchev–Trinajstić information content (AvgIpc) is 2.85. The van der Waals surface area contributed by atoms with E-state index in [1.54, 1.807) is 0 Å². The molecule has 25 heavy (non-hydrogen) atoms. The Labute approximate surface area is 142 Å². The summed E-state index contributed by atoms with van der Waals surface area (Å²) in [4.78, 5) is 22.0. The van der Waals surface area contributed by atoms with Gasteiger partial charge in [0.05, 0.1) is 23.9 Å². The summed E-state index contributed by atoms with van der Waals surface area (Å²) in [5.74, 6) is -1.04. The fourth-order valence-corrected chi connectivity index (χ4v) is 2.17. The summed E-state index contributed by atoms with van der Waals surface area (Å²) in [5.41, 5.74) is 3.73. The molecule has 0 aliphatic heterocycles. The lowest BCUT2D eigenvalue weighted by molar-refractivity contribution is -0.386. The number of aromatic nitrogens is 2. The van der Waals surface area contributed by atoms with Gasteiger partial charge in [-0.15, -0.1) is 0 Å². The van der Waals surface area contributed by atoms with E-state index in [-0.39, 0.29) is 17.9 Å². The third-order valence-corrected chi connectivity index (χ3v) is 3.29. The van der Waals surface area contributed by atoms with Crippen LogP contribution in [0.3, 0.4) is 0 Å². The second kappa shape index (κ2) is 7.43. The highest BCUT2D eigenvalue weighted by Crippen LogP contribution is 2.36. The van der Waals surface area contributed by atoms with Gasteiger partial charge in [-0.25, -0.2) is 5.43 Å². The van der Waals surface area contributed by atoms with Crippen LogP contribution in [0, 0.1) is 24.0 Å². The number of nitrogens with zero attached hydrogens (tertiary/aromatic N) is 4. The molecule has 0 aliphatic carbocycles. The van der Waals surface area contributed by atoms with Crippen molar-refractivity contribution < 1.29 is 19.6 Å². The zero-order valence-corrected chi connectivity index (χ0v) is 13.9. The van der Waals surface area contributed by atoms with E-state index in [9.17, 15) is 20.0 Å². The predicted molar refractivity (Wildman–Crippen MR) is 88.8 cm³/mol. The number of hydrazone groups is 1. The van der Waals surface area contributed by atoms with E-state index in [2.05, 4.69) is 15.6 Å². The molecule has 0 unspecified atom stereocenters. The SMILES string of the molecule is COc1cc(/C=N/NC(=O)Cn2nc(C)cc2C)cc([N+](=O)[O-])c1O. The Morgan fingerprint density at radius 3 is 2.76 bits per heavy atom. The molecule has 10 heteroatoms. The summed E-state index contributed by atoms with van der Waals surface area (Å²) in [6.45, 7) is 3.65. The number of nitro groups is 1. The summed E-state index contributed by atoms with van der Waals surface area (Å²) in [6.07, 6.45) is 1.22. The Bertz CT molecular complexity index is 843. The van der Waals surface area contributed by atoms with Crippen LogP contribution in [0.4, 0.5) is 5.69 Å². The largest absolute Gasteiger partial charge is 0.500 e. The molecule has 1 aromatic heterocycles. The van der Waals surface area contributed by atoms with Gasteiger partial charge < -0.3 is 9.84 Å². The molecular formula is C15H17N5O5. The molecule has 2 rings (SSSR count). The molecule has 0 radical (unpaired) electrons. The number of hydrogen-bond donors (Lipinski definition) is 2. The number of phenols is 1.